The number of hydrogen-bond acceptors (Lipinski definition) is 0. The summed E-state index contributed by atoms with van der Waals surface area (Å²) in [6.45, 7) is 4.48. The van der Waals surface area contributed by atoms with Crippen LogP contribution in [-0.4, -0.2) is 4.57 Å². The van der Waals surface area contributed by atoms with Gasteiger partial charge in [0.1, 0.15) is 0 Å². The van der Waals surface area contributed by atoms with Gasteiger partial charge in [0, 0.05) is 22.0 Å². The van der Waals surface area contributed by atoms with E-state index in [9.17, 15) is 0 Å². The Hall–Kier alpha value is -5.14. The van der Waals surface area contributed by atoms with Gasteiger partial charge in [-0.3, -0.25) is 0 Å². The third-order valence-electron chi connectivity index (χ3n) is 9.19. The number of nitrogens with zero attached hydrogens (tertiary/aromatic N) is 1. The average Bonchev–Trinajstić information content (AvgIpc) is 3.52. The summed E-state index contributed by atoms with van der Waals surface area (Å²) in [5.74, 6) is 0. The highest BCUT2D eigenvalue weighted by Crippen LogP contribution is 2.49. The smallest absolute Gasteiger partial charge is 0.0622 e. The van der Waals surface area contributed by atoms with E-state index in [0.717, 1.165) is 0 Å². The van der Waals surface area contributed by atoms with E-state index in [1.54, 1.807) is 0 Å². The van der Waals surface area contributed by atoms with E-state index in [0.29, 0.717) is 0 Å². The van der Waals surface area contributed by atoms with Crippen LogP contribution in [0.2, 0.25) is 0 Å². The first kappa shape index (κ1) is 22.7. The monoisotopic (exact) mass is 521 g/mol. The van der Waals surface area contributed by atoms with Crippen LogP contribution in [0.25, 0.3) is 82.4 Å². The molecule has 0 radical (unpaired) electrons. The molecule has 0 aliphatic heterocycles. The Balaban J connectivity index is 1.45. The van der Waals surface area contributed by atoms with Crippen molar-refractivity contribution in [2.24, 2.45) is 0 Å². The third kappa shape index (κ3) is 3.01. The maximum absolute atomic E-state index is 2.52. The van der Waals surface area contributed by atoms with Crippen molar-refractivity contribution in [3.8, 4) is 39.1 Å². The molecule has 41 heavy (non-hydrogen) atoms. The Kier molecular flexibility index (Phi) is 4.52. The molecule has 0 N–H and O–H groups in total. The predicted octanol–water partition coefficient (Wildman–Crippen LogP) is 11.0. The molecule has 0 atom stereocenters. The Morgan fingerprint density at radius 2 is 1.17 bits per heavy atom. The van der Waals surface area contributed by atoms with Gasteiger partial charge in [-0.25, -0.2) is 0 Å². The van der Waals surface area contributed by atoms with Crippen LogP contribution >= 0.6 is 0 Å². The normalized spacial score (nSPS) is 12.1. The Morgan fingerprint density at radius 1 is 0.439 bits per heavy atom. The molecule has 1 aromatic heterocycles. The molecule has 1 heteroatoms. The fourth-order valence-corrected chi connectivity index (χ4v) is 7.36. The molecule has 0 fully saturated rings. The van der Waals surface area contributed by atoms with Crippen molar-refractivity contribution < 1.29 is 0 Å². The van der Waals surface area contributed by atoms with Crippen LogP contribution in [0, 0.1) is 13.8 Å². The van der Waals surface area contributed by atoms with Crippen molar-refractivity contribution in [3.63, 3.8) is 0 Å². The Morgan fingerprint density at radius 3 is 2.02 bits per heavy atom. The van der Waals surface area contributed by atoms with Gasteiger partial charge in [-0.05, 0) is 92.5 Å². The first-order valence-electron chi connectivity index (χ1n) is 14.4. The van der Waals surface area contributed by atoms with Gasteiger partial charge < -0.3 is 4.57 Å². The van der Waals surface area contributed by atoms with Crippen LogP contribution in [0.4, 0.5) is 0 Å². The minimum atomic E-state index is 1.20. The first-order chi connectivity index (χ1) is 20.2. The van der Waals surface area contributed by atoms with Crippen LogP contribution in [-0.2, 0) is 0 Å². The molecule has 8 aromatic rings. The molecule has 0 spiro atoms. The van der Waals surface area contributed by atoms with Crippen molar-refractivity contribution in [2.75, 3.05) is 0 Å². The van der Waals surface area contributed by atoms with Crippen LogP contribution in [0.5, 0.6) is 0 Å². The van der Waals surface area contributed by atoms with Gasteiger partial charge in [-0.2, -0.15) is 0 Å². The lowest BCUT2D eigenvalue weighted by atomic mass is 9.93. The highest BCUT2D eigenvalue weighted by atomic mass is 15.0. The zero-order chi connectivity index (χ0) is 27.2. The van der Waals surface area contributed by atoms with Crippen LogP contribution < -0.4 is 0 Å². The van der Waals surface area contributed by atoms with E-state index in [1.807, 2.05) is 0 Å². The second-order valence-corrected chi connectivity index (χ2v) is 11.4. The average molecular weight is 522 g/mol. The Labute approximate surface area is 238 Å². The lowest BCUT2D eigenvalue weighted by Gasteiger charge is -2.16. The van der Waals surface area contributed by atoms with E-state index in [4.69, 9.17) is 0 Å². The molecular formula is C40H27N. The van der Waals surface area contributed by atoms with E-state index in [1.165, 1.54) is 93.5 Å². The lowest BCUT2D eigenvalue weighted by Crippen LogP contribution is -1.98. The minimum absolute atomic E-state index is 1.20. The molecule has 1 aliphatic rings. The molecule has 0 unspecified atom stereocenters. The van der Waals surface area contributed by atoms with Gasteiger partial charge in [0.2, 0.25) is 0 Å². The molecule has 0 amide bonds. The second kappa shape index (κ2) is 8.19. The molecule has 0 bridgehead atoms. The molecule has 7 aromatic carbocycles. The van der Waals surface area contributed by atoms with E-state index < -0.39 is 0 Å². The minimum Gasteiger partial charge on any atom is -0.309 e. The predicted molar refractivity (Wildman–Crippen MR) is 175 cm³/mol. The number of rotatable bonds is 2. The molecule has 1 aliphatic carbocycles. The zero-order valence-corrected chi connectivity index (χ0v) is 23.1. The van der Waals surface area contributed by atoms with E-state index in [2.05, 4.69) is 146 Å². The number of aromatic nitrogens is 1. The Bertz CT molecular complexity index is 2380. The maximum Gasteiger partial charge on any atom is 0.0622 e. The van der Waals surface area contributed by atoms with Gasteiger partial charge in [-0.1, -0.05) is 109 Å². The van der Waals surface area contributed by atoms with Crippen LogP contribution in [0.1, 0.15) is 11.1 Å². The molecule has 0 saturated carbocycles. The number of benzene rings is 7. The SMILES string of the molecule is Cc1ccccc1-c1c(C)ccc2c3c4ccccc4ccc3n(-c3ccc4c(c3)-c3cccc5cccc-4c35)c12. The fraction of sp³-hybridized carbons (Fsp3) is 0.0500. The standard InChI is InChI=1S/C40H27N/c1-24-9-3-5-13-29(24)37-25(2)17-20-34-39-30-14-6-4-10-26(30)18-22-36(39)41(40(34)37)28-19-21-31-32-15-7-11-27-12-8-16-33(38(27)32)35(31)23-28/h3-23H,1-2H3. The highest BCUT2D eigenvalue weighted by molar-refractivity contribution is 6.24. The van der Waals surface area contributed by atoms with Crippen molar-refractivity contribution in [1.82, 2.24) is 4.57 Å². The largest absolute Gasteiger partial charge is 0.309 e. The highest BCUT2D eigenvalue weighted by Gasteiger charge is 2.24. The van der Waals surface area contributed by atoms with Crippen LogP contribution in [0.3, 0.4) is 0 Å². The van der Waals surface area contributed by atoms with Crippen molar-refractivity contribution in [1.29, 1.82) is 0 Å². The summed E-state index contributed by atoms with van der Waals surface area (Å²) in [5, 5.41) is 7.86. The zero-order valence-electron chi connectivity index (χ0n) is 23.1. The lowest BCUT2D eigenvalue weighted by molar-refractivity contribution is 1.18. The van der Waals surface area contributed by atoms with Crippen molar-refractivity contribution in [3.05, 3.63) is 139 Å². The molecule has 192 valence electrons. The van der Waals surface area contributed by atoms with Crippen molar-refractivity contribution >= 4 is 43.4 Å². The first-order valence-corrected chi connectivity index (χ1v) is 14.4. The van der Waals surface area contributed by atoms with E-state index >= 15 is 0 Å². The number of fused-ring (bicyclic) bond motifs is 8. The summed E-state index contributed by atoms with van der Waals surface area (Å²) in [5.41, 5.74) is 14.2. The molecular weight excluding hydrogens is 494 g/mol. The van der Waals surface area contributed by atoms with Gasteiger partial charge in [-0.15, -0.1) is 0 Å². The number of aryl methyl sites for hydroxylation is 2. The third-order valence-corrected chi connectivity index (χ3v) is 9.19. The van der Waals surface area contributed by atoms with Gasteiger partial charge in [0.25, 0.3) is 0 Å². The molecule has 0 saturated heterocycles. The van der Waals surface area contributed by atoms with Gasteiger partial charge >= 0.3 is 0 Å². The van der Waals surface area contributed by atoms with Crippen molar-refractivity contribution in [2.45, 2.75) is 13.8 Å². The summed E-state index contributed by atoms with van der Waals surface area (Å²) < 4.78 is 2.52. The number of hydrogen-bond donors (Lipinski definition) is 0. The summed E-state index contributed by atoms with van der Waals surface area (Å²) in [6.07, 6.45) is 0. The summed E-state index contributed by atoms with van der Waals surface area (Å²) >= 11 is 0. The van der Waals surface area contributed by atoms with E-state index in [-0.39, 0.29) is 0 Å². The van der Waals surface area contributed by atoms with Crippen LogP contribution in [0.15, 0.2) is 127 Å². The fourth-order valence-electron chi connectivity index (χ4n) is 7.36. The van der Waals surface area contributed by atoms with Gasteiger partial charge in [0.05, 0.1) is 11.0 Å². The summed E-state index contributed by atoms with van der Waals surface area (Å²) in [6, 6.07) is 47.3. The molecule has 1 heterocycles. The molecule has 9 rings (SSSR count). The summed E-state index contributed by atoms with van der Waals surface area (Å²) in [4.78, 5) is 0. The van der Waals surface area contributed by atoms with Gasteiger partial charge in [0.15, 0.2) is 0 Å². The maximum atomic E-state index is 2.52. The molecule has 1 nitrogen and oxygen atoms in total. The quantitative estimate of drug-likeness (QED) is 0.213. The topological polar surface area (TPSA) is 4.93 Å². The second-order valence-electron chi connectivity index (χ2n) is 11.4. The summed E-state index contributed by atoms with van der Waals surface area (Å²) in [7, 11) is 0.